The first-order valence-corrected chi connectivity index (χ1v) is 6.92. The maximum Gasteiger partial charge on any atom is 0.218 e. The minimum atomic E-state index is 0.0614. The van der Waals surface area contributed by atoms with Crippen molar-refractivity contribution >= 4 is 5.82 Å². The number of hydrogen-bond donors (Lipinski definition) is 1. The molecule has 0 saturated heterocycles. The first kappa shape index (κ1) is 15.7. The summed E-state index contributed by atoms with van der Waals surface area (Å²) in [6.45, 7) is 11.5. The van der Waals surface area contributed by atoms with E-state index in [0.717, 1.165) is 25.3 Å². The smallest absolute Gasteiger partial charge is 0.218 e. The van der Waals surface area contributed by atoms with E-state index in [1.807, 2.05) is 13.0 Å². The zero-order chi connectivity index (χ0) is 14.3. The molecule has 0 aliphatic carbocycles. The average molecular weight is 266 g/mol. The molecule has 5 nitrogen and oxygen atoms in total. The summed E-state index contributed by atoms with van der Waals surface area (Å²) in [5.41, 5.74) is 5.88. The largest absolute Gasteiger partial charge is 0.478 e. The van der Waals surface area contributed by atoms with Gasteiger partial charge in [-0.3, -0.25) is 0 Å². The fraction of sp³-hybridized carbons (Fsp3) is 0.714. The Morgan fingerprint density at radius 2 is 2.05 bits per heavy atom. The Kier molecular flexibility index (Phi) is 6.02. The van der Waals surface area contributed by atoms with E-state index in [1.165, 1.54) is 0 Å². The second-order valence-corrected chi connectivity index (χ2v) is 5.44. The van der Waals surface area contributed by atoms with Crippen molar-refractivity contribution in [2.24, 2.45) is 11.1 Å². The van der Waals surface area contributed by atoms with Crippen molar-refractivity contribution in [3.63, 3.8) is 0 Å². The third kappa shape index (κ3) is 5.03. The second-order valence-electron chi connectivity index (χ2n) is 5.44. The van der Waals surface area contributed by atoms with Crippen molar-refractivity contribution in [2.75, 3.05) is 31.1 Å². The molecule has 0 unspecified atom stereocenters. The van der Waals surface area contributed by atoms with Crippen LogP contribution >= 0.6 is 0 Å². The highest BCUT2D eigenvalue weighted by Gasteiger charge is 2.21. The van der Waals surface area contributed by atoms with Crippen molar-refractivity contribution in [3.8, 4) is 5.88 Å². The molecule has 1 rings (SSSR count). The number of nitrogens with two attached hydrogens (primary N) is 1. The molecule has 0 aliphatic rings. The van der Waals surface area contributed by atoms with E-state index in [0.29, 0.717) is 19.0 Å². The first-order valence-electron chi connectivity index (χ1n) is 6.92. The Morgan fingerprint density at radius 3 is 2.63 bits per heavy atom. The van der Waals surface area contributed by atoms with Crippen molar-refractivity contribution in [1.29, 1.82) is 0 Å². The predicted molar refractivity (Wildman–Crippen MR) is 78.5 cm³/mol. The lowest BCUT2D eigenvalue weighted by atomic mass is 9.93. The average Bonchev–Trinajstić information content (AvgIpc) is 2.39. The Balaban J connectivity index is 2.88. The molecule has 0 fully saturated rings. The molecule has 0 aromatic carbocycles. The molecular weight excluding hydrogens is 240 g/mol. The molecular formula is C14H26N4O. The van der Waals surface area contributed by atoms with Crippen LogP contribution in [0.5, 0.6) is 5.88 Å². The molecule has 5 heteroatoms. The van der Waals surface area contributed by atoms with E-state index in [4.69, 9.17) is 10.5 Å². The lowest BCUT2D eigenvalue weighted by molar-refractivity contribution is 0.325. The zero-order valence-electron chi connectivity index (χ0n) is 12.5. The van der Waals surface area contributed by atoms with Gasteiger partial charge in [-0.05, 0) is 25.3 Å². The van der Waals surface area contributed by atoms with Gasteiger partial charge in [-0.25, -0.2) is 9.97 Å². The zero-order valence-corrected chi connectivity index (χ0v) is 12.5. The second kappa shape index (κ2) is 7.28. The van der Waals surface area contributed by atoms with Crippen LogP contribution in [0.1, 0.15) is 34.1 Å². The molecule has 0 aliphatic heterocycles. The number of nitrogens with zero attached hydrogens (tertiary/aromatic N) is 3. The third-order valence-corrected chi connectivity index (χ3v) is 2.91. The highest BCUT2D eigenvalue weighted by atomic mass is 16.5. The summed E-state index contributed by atoms with van der Waals surface area (Å²) in [5.74, 6) is 1.53. The van der Waals surface area contributed by atoms with Crippen LogP contribution in [0.3, 0.4) is 0 Å². The van der Waals surface area contributed by atoms with Crippen LogP contribution in [0.2, 0.25) is 0 Å². The van der Waals surface area contributed by atoms with Gasteiger partial charge in [-0.1, -0.05) is 20.8 Å². The van der Waals surface area contributed by atoms with Gasteiger partial charge in [0.2, 0.25) is 5.88 Å². The minimum absolute atomic E-state index is 0.0614. The highest BCUT2D eigenvalue weighted by Crippen LogP contribution is 2.22. The maximum atomic E-state index is 5.82. The number of ether oxygens (including phenoxy) is 1. The lowest BCUT2D eigenvalue weighted by Gasteiger charge is -2.32. The Labute approximate surface area is 116 Å². The minimum Gasteiger partial charge on any atom is -0.478 e. The molecule has 108 valence electrons. The van der Waals surface area contributed by atoms with Crippen molar-refractivity contribution in [1.82, 2.24) is 9.97 Å². The number of rotatable bonds is 8. The van der Waals surface area contributed by atoms with E-state index in [-0.39, 0.29) is 5.41 Å². The maximum absolute atomic E-state index is 5.82. The number of aromatic nitrogens is 2. The molecule has 0 radical (unpaired) electrons. The van der Waals surface area contributed by atoms with Crippen LogP contribution in [0.15, 0.2) is 12.4 Å². The van der Waals surface area contributed by atoms with Gasteiger partial charge in [0.05, 0.1) is 6.61 Å². The lowest BCUT2D eigenvalue weighted by Crippen LogP contribution is -2.39. The van der Waals surface area contributed by atoms with Gasteiger partial charge in [-0.15, -0.1) is 0 Å². The van der Waals surface area contributed by atoms with Gasteiger partial charge in [0.25, 0.3) is 0 Å². The van der Waals surface area contributed by atoms with E-state index in [2.05, 4.69) is 35.6 Å². The van der Waals surface area contributed by atoms with Crippen LogP contribution in [-0.2, 0) is 0 Å². The van der Waals surface area contributed by atoms with E-state index in [9.17, 15) is 0 Å². The number of hydrogen-bond acceptors (Lipinski definition) is 5. The fourth-order valence-corrected chi connectivity index (χ4v) is 1.86. The highest BCUT2D eigenvalue weighted by molar-refractivity contribution is 5.41. The summed E-state index contributed by atoms with van der Waals surface area (Å²) in [7, 11) is 0. The summed E-state index contributed by atoms with van der Waals surface area (Å²) in [6.07, 6.45) is 2.62. The topological polar surface area (TPSA) is 64.3 Å². The normalized spacial score (nSPS) is 11.4. The monoisotopic (exact) mass is 266 g/mol. The summed E-state index contributed by atoms with van der Waals surface area (Å²) in [6, 6.07) is 1.89. The van der Waals surface area contributed by atoms with Crippen LogP contribution in [0.4, 0.5) is 5.82 Å². The Hall–Kier alpha value is -1.36. The van der Waals surface area contributed by atoms with Crippen LogP contribution in [0.25, 0.3) is 0 Å². The van der Waals surface area contributed by atoms with Crippen molar-refractivity contribution < 1.29 is 4.74 Å². The van der Waals surface area contributed by atoms with Gasteiger partial charge in [-0.2, -0.15) is 0 Å². The predicted octanol–water partition coefficient (Wildman–Crippen LogP) is 2.08. The third-order valence-electron chi connectivity index (χ3n) is 2.91. The molecule has 0 saturated carbocycles. The quantitative estimate of drug-likeness (QED) is 0.780. The molecule has 2 N–H and O–H groups in total. The molecule has 1 heterocycles. The Morgan fingerprint density at radius 1 is 1.32 bits per heavy atom. The molecule has 0 amide bonds. The van der Waals surface area contributed by atoms with Crippen molar-refractivity contribution in [3.05, 3.63) is 12.4 Å². The molecule has 0 spiro atoms. The van der Waals surface area contributed by atoms with Crippen LogP contribution < -0.4 is 15.4 Å². The van der Waals surface area contributed by atoms with Crippen LogP contribution in [0, 0.1) is 5.41 Å². The van der Waals surface area contributed by atoms with Gasteiger partial charge in [0, 0.05) is 19.2 Å². The summed E-state index contributed by atoms with van der Waals surface area (Å²) in [5, 5.41) is 0. The standard InChI is InChI=1S/C14H26N4O/c1-5-7-18(10-14(3,4)9-15)12-8-13(19-6-2)17-11-16-12/h8,11H,5-7,9-10,15H2,1-4H3. The fourth-order valence-electron chi connectivity index (χ4n) is 1.86. The molecule has 1 aromatic rings. The van der Waals surface area contributed by atoms with E-state index in [1.54, 1.807) is 6.33 Å². The van der Waals surface area contributed by atoms with Gasteiger partial charge < -0.3 is 15.4 Å². The molecule has 1 aromatic heterocycles. The van der Waals surface area contributed by atoms with E-state index >= 15 is 0 Å². The van der Waals surface area contributed by atoms with Crippen LogP contribution in [-0.4, -0.2) is 36.2 Å². The summed E-state index contributed by atoms with van der Waals surface area (Å²) >= 11 is 0. The summed E-state index contributed by atoms with van der Waals surface area (Å²) in [4.78, 5) is 10.7. The SMILES string of the molecule is CCCN(CC(C)(C)CN)c1cc(OCC)ncn1. The summed E-state index contributed by atoms with van der Waals surface area (Å²) < 4.78 is 5.43. The molecule has 0 atom stereocenters. The van der Waals surface area contributed by atoms with Gasteiger partial charge >= 0.3 is 0 Å². The van der Waals surface area contributed by atoms with Gasteiger partial charge in [0.15, 0.2) is 0 Å². The number of anilines is 1. The molecule has 0 bridgehead atoms. The first-order chi connectivity index (χ1) is 9.02. The van der Waals surface area contributed by atoms with E-state index < -0.39 is 0 Å². The Bertz CT molecular complexity index is 381. The van der Waals surface area contributed by atoms with Crippen molar-refractivity contribution in [2.45, 2.75) is 34.1 Å². The van der Waals surface area contributed by atoms with Gasteiger partial charge in [0.1, 0.15) is 12.1 Å². The molecule has 19 heavy (non-hydrogen) atoms.